The maximum atomic E-state index is 7.25. The van der Waals surface area contributed by atoms with E-state index in [-0.39, 0.29) is 5.84 Å². The molecule has 0 aliphatic carbocycles. The summed E-state index contributed by atoms with van der Waals surface area (Å²) in [5, 5.41) is 7.84. The molecule has 0 bridgehead atoms. The Labute approximate surface area is 106 Å². The van der Waals surface area contributed by atoms with Gasteiger partial charge in [0, 0.05) is 32.8 Å². The van der Waals surface area contributed by atoms with E-state index in [4.69, 9.17) is 27.5 Å². The van der Waals surface area contributed by atoms with Crippen LogP contribution in [-0.4, -0.2) is 37.6 Å². The Bertz CT molecular complexity index is 372. The van der Waals surface area contributed by atoms with Gasteiger partial charge in [-0.25, -0.2) is 4.98 Å². The molecule has 0 aliphatic rings. The Balaban J connectivity index is 2.74. The first kappa shape index (κ1) is 13.7. The molecule has 5 nitrogen and oxygen atoms in total. The molecule has 0 spiro atoms. The van der Waals surface area contributed by atoms with Gasteiger partial charge in [-0.1, -0.05) is 11.6 Å². The monoisotopic (exact) mass is 256 g/mol. The SMILES string of the molecule is COCCN(CCC(=N)N)c1ncccc1Cl. The van der Waals surface area contributed by atoms with Crippen LogP contribution < -0.4 is 10.6 Å². The minimum atomic E-state index is 0.152. The third-order valence-electron chi connectivity index (χ3n) is 2.25. The zero-order chi connectivity index (χ0) is 12.7. The predicted octanol–water partition coefficient (Wildman–Crippen LogP) is 1.51. The molecule has 94 valence electrons. The van der Waals surface area contributed by atoms with Crippen molar-refractivity contribution in [3.05, 3.63) is 23.4 Å². The van der Waals surface area contributed by atoms with Gasteiger partial charge in [-0.3, -0.25) is 5.41 Å². The van der Waals surface area contributed by atoms with Crippen molar-refractivity contribution < 1.29 is 4.74 Å². The van der Waals surface area contributed by atoms with Gasteiger partial charge in [-0.05, 0) is 12.1 Å². The molecule has 3 N–H and O–H groups in total. The van der Waals surface area contributed by atoms with E-state index in [1.165, 1.54) is 0 Å². The fourth-order valence-corrected chi connectivity index (χ4v) is 1.63. The maximum absolute atomic E-state index is 7.25. The smallest absolute Gasteiger partial charge is 0.147 e. The van der Waals surface area contributed by atoms with Crippen LogP contribution in [0.3, 0.4) is 0 Å². The number of hydrogen-bond donors (Lipinski definition) is 2. The van der Waals surface area contributed by atoms with E-state index in [2.05, 4.69) is 4.98 Å². The number of nitrogens with zero attached hydrogens (tertiary/aromatic N) is 2. The first-order chi connectivity index (χ1) is 8.15. The zero-order valence-electron chi connectivity index (χ0n) is 9.82. The molecule has 0 unspecified atom stereocenters. The largest absolute Gasteiger partial charge is 0.388 e. The van der Waals surface area contributed by atoms with E-state index in [0.29, 0.717) is 37.0 Å². The standard InChI is InChI=1S/C11H17ClN4O/c1-17-8-7-16(6-4-10(13)14)11-9(12)3-2-5-15-11/h2-3,5H,4,6-8H2,1H3,(H3,13,14). The van der Waals surface area contributed by atoms with E-state index in [1.54, 1.807) is 25.4 Å². The van der Waals surface area contributed by atoms with Crippen molar-refractivity contribution >= 4 is 23.3 Å². The number of pyridine rings is 1. The minimum absolute atomic E-state index is 0.152. The predicted molar refractivity (Wildman–Crippen MR) is 69.9 cm³/mol. The van der Waals surface area contributed by atoms with Crippen molar-refractivity contribution in [1.82, 2.24) is 4.98 Å². The van der Waals surface area contributed by atoms with Crippen LogP contribution in [0.2, 0.25) is 5.02 Å². The first-order valence-electron chi connectivity index (χ1n) is 5.32. The highest BCUT2D eigenvalue weighted by molar-refractivity contribution is 6.32. The number of aromatic nitrogens is 1. The van der Waals surface area contributed by atoms with Gasteiger partial charge in [0.15, 0.2) is 0 Å². The average molecular weight is 257 g/mol. The molecule has 6 heteroatoms. The third kappa shape index (κ3) is 4.58. The van der Waals surface area contributed by atoms with Gasteiger partial charge in [0.25, 0.3) is 0 Å². The highest BCUT2D eigenvalue weighted by atomic mass is 35.5. The van der Waals surface area contributed by atoms with Crippen LogP contribution in [0.4, 0.5) is 5.82 Å². The molecular weight excluding hydrogens is 240 g/mol. The second kappa shape index (κ2) is 7.09. The summed E-state index contributed by atoms with van der Waals surface area (Å²) in [6, 6.07) is 3.57. The molecule has 0 aliphatic heterocycles. The normalized spacial score (nSPS) is 10.2. The van der Waals surface area contributed by atoms with Crippen LogP contribution >= 0.6 is 11.6 Å². The molecule has 1 aromatic heterocycles. The van der Waals surface area contributed by atoms with E-state index in [0.717, 1.165) is 0 Å². The lowest BCUT2D eigenvalue weighted by atomic mass is 10.3. The van der Waals surface area contributed by atoms with Gasteiger partial charge in [0.05, 0.1) is 17.5 Å². The Morgan fingerprint density at radius 2 is 2.35 bits per heavy atom. The fraction of sp³-hybridized carbons (Fsp3) is 0.455. The number of hydrogen-bond acceptors (Lipinski definition) is 4. The number of amidine groups is 1. The van der Waals surface area contributed by atoms with Crippen molar-refractivity contribution in [3.8, 4) is 0 Å². The number of methoxy groups -OCH3 is 1. The zero-order valence-corrected chi connectivity index (χ0v) is 10.6. The quantitative estimate of drug-likeness (QED) is 0.573. The van der Waals surface area contributed by atoms with E-state index >= 15 is 0 Å². The van der Waals surface area contributed by atoms with Gasteiger partial charge in [0.2, 0.25) is 0 Å². The lowest BCUT2D eigenvalue weighted by molar-refractivity contribution is 0.205. The highest BCUT2D eigenvalue weighted by Crippen LogP contribution is 2.22. The molecule has 0 saturated carbocycles. The van der Waals surface area contributed by atoms with Gasteiger partial charge in [0.1, 0.15) is 5.82 Å². The van der Waals surface area contributed by atoms with Crippen LogP contribution in [0.5, 0.6) is 0 Å². The topological polar surface area (TPSA) is 75.2 Å². The molecule has 0 radical (unpaired) electrons. The number of rotatable bonds is 7. The third-order valence-corrected chi connectivity index (χ3v) is 2.55. The lowest BCUT2D eigenvalue weighted by Crippen LogP contribution is -2.31. The van der Waals surface area contributed by atoms with E-state index in [9.17, 15) is 0 Å². The minimum Gasteiger partial charge on any atom is -0.388 e. The van der Waals surface area contributed by atoms with Crippen molar-refractivity contribution in [2.45, 2.75) is 6.42 Å². The summed E-state index contributed by atoms with van der Waals surface area (Å²) in [6.07, 6.45) is 2.17. The van der Waals surface area contributed by atoms with Gasteiger partial charge >= 0.3 is 0 Å². The molecule has 1 aromatic rings. The number of anilines is 1. The molecule has 0 saturated heterocycles. The van der Waals surface area contributed by atoms with E-state index in [1.807, 2.05) is 4.90 Å². The fourth-order valence-electron chi connectivity index (χ4n) is 1.39. The van der Waals surface area contributed by atoms with Crippen LogP contribution in [0.1, 0.15) is 6.42 Å². The average Bonchev–Trinajstić information content (AvgIpc) is 2.30. The first-order valence-corrected chi connectivity index (χ1v) is 5.70. The van der Waals surface area contributed by atoms with Crippen LogP contribution in [0.25, 0.3) is 0 Å². The molecule has 1 rings (SSSR count). The number of halogens is 1. The second-order valence-corrected chi connectivity index (χ2v) is 3.97. The Morgan fingerprint density at radius 3 is 2.94 bits per heavy atom. The maximum Gasteiger partial charge on any atom is 0.147 e. The van der Waals surface area contributed by atoms with Gasteiger partial charge in [-0.2, -0.15) is 0 Å². The van der Waals surface area contributed by atoms with Crippen molar-refractivity contribution in [2.24, 2.45) is 5.73 Å². The molecule has 0 aromatic carbocycles. The van der Waals surface area contributed by atoms with Crippen molar-refractivity contribution in [1.29, 1.82) is 5.41 Å². The van der Waals surface area contributed by atoms with E-state index < -0.39 is 0 Å². The van der Waals surface area contributed by atoms with Crippen LogP contribution in [-0.2, 0) is 4.74 Å². The second-order valence-electron chi connectivity index (χ2n) is 3.56. The summed E-state index contributed by atoms with van der Waals surface area (Å²) in [7, 11) is 1.64. The van der Waals surface area contributed by atoms with Crippen molar-refractivity contribution in [3.63, 3.8) is 0 Å². The summed E-state index contributed by atoms with van der Waals surface area (Å²) in [5.41, 5.74) is 5.36. The molecular formula is C11H17ClN4O. The number of ether oxygens (including phenoxy) is 1. The van der Waals surface area contributed by atoms with Gasteiger partial charge in [-0.15, -0.1) is 0 Å². The summed E-state index contributed by atoms with van der Waals surface area (Å²) in [6.45, 7) is 1.85. The molecule has 1 heterocycles. The van der Waals surface area contributed by atoms with Gasteiger partial charge < -0.3 is 15.4 Å². The Hall–Kier alpha value is -1.33. The number of nitrogens with two attached hydrogens (primary N) is 1. The van der Waals surface area contributed by atoms with Crippen LogP contribution in [0, 0.1) is 5.41 Å². The summed E-state index contributed by atoms with van der Waals surface area (Å²) in [4.78, 5) is 6.20. The molecule has 0 atom stereocenters. The number of nitrogens with one attached hydrogen (secondary N) is 1. The lowest BCUT2D eigenvalue weighted by Gasteiger charge is -2.23. The van der Waals surface area contributed by atoms with Crippen LogP contribution in [0.15, 0.2) is 18.3 Å². The molecule has 17 heavy (non-hydrogen) atoms. The Kier molecular flexibility index (Phi) is 5.72. The summed E-state index contributed by atoms with van der Waals surface area (Å²) in [5.74, 6) is 0.854. The van der Waals surface area contributed by atoms with Crippen molar-refractivity contribution in [2.75, 3.05) is 31.7 Å². The summed E-state index contributed by atoms with van der Waals surface area (Å²) < 4.78 is 5.04. The summed E-state index contributed by atoms with van der Waals surface area (Å²) >= 11 is 6.08. The molecule has 0 fully saturated rings. The molecule has 0 amide bonds. The Morgan fingerprint density at radius 1 is 1.59 bits per heavy atom. The highest BCUT2D eigenvalue weighted by Gasteiger charge is 2.11.